The summed E-state index contributed by atoms with van der Waals surface area (Å²) < 4.78 is 33.1. The van der Waals surface area contributed by atoms with Gasteiger partial charge >= 0.3 is 0 Å². The zero-order valence-corrected chi connectivity index (χ0v) is 13.0. The molecule has 0 saturated carbocycles. The Morgan fingerprint density at radius 2 is 1.36 bits per heavy atom. The van der Waals surface area contributed by atoms with Gasteiger partial charge < -0.3 is 0 Å². The maximum absolute atomic E-state index is 11.8. The molecule has 4 heteroatoms. The quantitative estimate of drug-likeness (QED) is 0.417. The molecule has 1 N–H and O–H groups in total. The Balaban J connectivity index is 2.42. The fraction of sp³-hybridized carbons (Fsp3) is 0.111. The van der Waals surface area contributed by atoms with Crippen molar-refractivity contribution in [3.8, 4) is 0 Å². The van der Waals surface area contributed by atoms with Gasteiger partial charge in [0.15, 0.2) is 0 Å². The minimum Gasteiger partial charge on any atom is -0.282 e. The molecule has 0 radical (unpaired) electrons. The Morgan fingerprint density at radius 3 is 2.09 bits per heavy atom. The normalized spacial score (nSPS) is 12.7. The van der Waals surface area contributed by atoms with Crippen molar-refractivity contribution in [3.63, 3.8) is 0 Å². The summed E-state index contributed by atoms with van der Waals surface area (Å²) in [4.78, 5) is -0.0200. The van der Waals surface area contributed by atoms with E-state index < -0.39 is 10.1 Å². The summed E-state index contributed by atoms with van der Waals surface area (Å²) >= 11 is 0. The first-order valence-corrected chi connectivity index (χ1v) is 8.47. The van der Waals surface area contributed by atoms with Crippen molar-refractivity contribution < 1.29 is 13.0 Å². The summed E-state index contributed by atoms with van der Waals surface area (Å²) in [6, 6.07) is 13.5. The van der Waals surface area contributed by atoms with Gasteiger partial charge in [0.25, 0.3) is 10.1 Å². The molecule has 4 rings (SSSR count). The molecule has 0 aliphatic carbocycles. The maximum Gasteiger partial charge on any atom is 0.295 e. The van der Waals surface area contributed by atoms with Gasteiger partial charge in [0, 0.05) is 5.39 Å². The Kier molecular flexibility index (Phi) is 2.56. The molecule has 0 heterocycles. The number of aryl methyl sites for hydroxylation is 2. The Morgan fingerprint density at radius 1 is 0.773 bits per heavy atom. The molecule has 22 heavy (non-hydrogen) atoms. The minimum absolute atomic E-state index is 0.0200. The van der Waals surface area contributed by atoms with Gasteiger partial charge in [-0.25, -0.2) is 0 Å². The van der Waals surface area contributed by atoms with Gasteiger partial charge in [-0.3, -0.25) is 4.55 Å². The Bertz CT molecular complexity index is 1160. The second-order valence-corrected chi connectivity index (χ2v) is 7.19. The lowest BCUT2D eigenvalue weighted by atomic mass is 9.90. The van der Waals surface area contributed by atoms with Gasteiger partial charge in [-0.15, -0.1) is 0 Å². The standard InChI is InChI=1S/C18H14O3S/c1-10-3-4-12-5-6-14-11(2)9-16(22(19,20)21)15-8-7-13(10)17(12)18(14)15/h3-9H,1-2H3,(H,19,20,21). The molecule has 0 aliphatic heterocycles. The molecule has 0 fully saturated rings. The van der Waals surface area contributed by atoms with Crippen LogP contribution in [0.25, 0.3) is 32.3 Å². The fourth-order valence-electron chi connectivity index (χ4n) is 3.39. The van der Waals surface area contributed by atoms with E-state index in [1.54, 1.807) is 12.1 Å². The van der Waals surface area contributed by atoms with Gasteiger partial charge in [0.05, 0.1) is 0 Å². The molecule has 0 bridgehead atoms. The molecule has 4 aromatic rings. The fourth-order valence-corrected chi connectivity index (χ4v) is 4.17. The molecule has 0 aromatic heterocycles. The lowest BCUT2D eigenvalue weighted by molar-refractivity contribution is 0.484. The van der Waals surface area contributed by atoms with Crippen LogP contribution in [0.5, 0.6) is 0 Å². The number of rotatable bonds is 1. The predicted molar refractivity (Wildman–Crippen MR) is 89.4 cm³/mol. The summed E-state index contributed by atoms with van der Waals surface area (Å²) in [5, 5.41) is 5.75. The van der Waals surface area contributed by atoms with Crippen LogP contribution in [0.15, 0.2) is 47.4 Å². The van der Waals surface area contributed by atoms with Crippen molar-refractivity contribution in [2.75, 3.05) is 0 Å². The van der Waals surface area contributed by atoms with Crippen LogP contribution in [0.1, 0.15) is 11.1 Å². The zero-order valence-electron chi connectivity index (χ0n) is 12.2. The van der Waals surface area contributed by atoms with Crippen molar-refractivity contribution >= 4 is 42.4 Å². The molecule has 0 atom stereocenters. The highest BCUT2D eigenvalue weighted by atomic mass is 32.2. The zero-order chi connectivity index (χ0) is 15.6. The first kappa shape index (κ1) is 13.5. The molecule has 0 aliphatic rings. The highest BCUT2D eigenvalue weighted by Gasteiger charge is 2.19. The molecule has 110 valence electrons. The Hall–Kier alpha value is -2.17. The largest absolute Gasteiger partial charge is 0.295 e. The van der Waals surface area contributed by atoms with Gasteiger partial charge in [0.1, 0.15) is 4.90 Å². The molecular formula is C18H14O3S. The van der Waals surface area contributed by atoms with Crippen LogP contribution >= 0.6 is 0 Å². The monoisotopic (exact) mass is 310 g/mol. The second-order valence-electron chi connectivity index (χ2n) is 5.80. The summed E-state index contributed by atoms with van der Waals surface area (Å²) in [6.45, 7) is 3.91. The van der Waals surface area contributed by atoms with Crippen LogP contribution in [0.2, 0.25) is 0 Å². The van der Waals surface area contributed by atoms with E-state index in [2.05, 4.69) is 12.1 Å². The first-order chi connectivity index (χ1) is 10.4. The number of hydrogen-bond donors (Lipinski definition) is 1. The SMILES string of the molecule is Cc1ccc2ccc3c(C)cc(S(=O)(=O)O)c4ccc1c2c34. The molecule has 0 spiro atoms. The van der Waals surface area contributed by atoms with E-state index in [1.165, 1.54) is 0 Å². The topological polar surface area (TPSA) is 54.4 Å². The summed E-state index contributed by atoms with van der Waals surface area (Å²) in [5.74, 6) is 0. The van der Waals surface area contributed by atoms with Crippen molar-refractivity contribution in [3.05, 3.63) is 53.6 Å². The average molecular weight is 310 g/mol. The lowest BCUT2D eigenvalue weighted by Gasteiger charge is -2.15. The van der Waals surface area contributed by atoms with Gasteiger partial charge in [-0.1, -0.05) is 36.4 Å². The van der Waals surface area contributed by atoms with E-state index in [-0.39, 0.29) is 4.90 Å². The maximum atomic E-state index is 11.8. The third-order valence-electron chi connectivity index (χ3n) is 4.45. The molecule has 0 saturated heterocycles. The van der Waals surface area contributed by atoms with E-state index in [4.69, 9.17) is 0 Å². The molecular weight excluding hydrogens is 296 g/mol. The minimum atomic E-state index is -4.26. The average Bonchev–Trinajstić information content (AvgIpc) is 2.47. The Labute approximate surface area is 128 Å². The summed E-state index contributed by atoms with van der Waals surface area (Å²) in [7, 11) is -4.26. The third-order valence-corrected chi connectivity index (χ3v) is 5.34. The predicted octanol–water partition coefficient (Wildman–Crippen LogP) is 4.45. The van der Waals surface area contributed by atoms with Crippen LogP contribution in [-0.2, 0) is 10.1 Å². The van der Waals surface area contributed by atoms with E-state index in [0.717, 1.165) is 38.1 Å². The van der Waals surface area contributed by atoms with Crippen molar-refractivity contribution in [1.29, 1.82) is 0 Å². The summed E-state index contributed by atoms with van der Waals surface area (Å²) in [6.07, 6.45) is 0. The van der Waals surface area contributed by atoms with Gasteiger partial charge in [-0.05, 0) is 58.0 Å². The van der Waals surface area contributed by atoms with Crippen LogP contribution < -0.4 is 0 Å². The molecule has 3 nitrogen and oxygen atoms in total. The van der Waals surface area contributed by atoms with Gasteiger partial charge in [-0.2, -0.15) is 8.42 Å². The van der Waals surface area contributed by atoms with Crippen LogP contribution in [-0.4, -0.2) is 13.0 Å². The highest BCUT2D eigenvalue weighted by Crippen LogP contribution is 2.39. The van der Waals surface area contributed by atoms with E-state index in [9.17, 15) is 13.0 Å². The van der Waals surface area contributed by atoms with E-state index in [1.807, 2.05) is 32.0 Å². The third kappa shape index (κ3) is 1.68. The first-order valence-electron chi connectivity index (χ1n) is 7.03. The number of benzene rings is 4. The molecule has 0 unspecified atom stereocenters. The van der Waals surface area contributed by atoms with Crippen molar-refractivity contribution in [2.45, 2.75) is 18.7 Å². The van der Waals surface area contributed by atoms with E-state index >= 15 is 0 Å². The number of hydrogen-bond acceptors (Lipinski definition) is 2. The van der Waals surface area contributed by atoms with Crippen LogP contribution in [0.3, 0.4) is 0 Å². The highest BCUT2D eigenvalue weighted by molar-refractivity contribution is 7.86. The second kappa shape index (κ2) is 4.18. The van der Waals surface area contributed by atoms with Crippen molar-refractivity contribution in [2.24, 2.45) is 0 Å². The summed E-state index contributed by atoms with van der Waals surface area (Å²) in [5.41, 5.74) is 1.99. The van der Waals surface area contributed by atoms with Crippen molar-refractivity contribution in [1.82, 2.24) is 0 Å². The van der Waals surface area contributed by atoms with Crippen LogP contribution in [0.4, 0.5) is 0 Å². The van der Waals surface area contributed by atoms with E-state index in [0.29, 0.717) is 5.39 Å². The van der Waals surface area contributed by atoms with Crippen LogP contribution in [0, 0.1) is 13.8 Å². The van der Waals surface area contributed by atoms with Gasteiger partial charge in [0.2, 0.25) is 0 Å². The molecule has 4 aromatic carbocycles. The smallest absolute Gasteiger partial charge is 0.282 e. The lowest BCUT2D eigenvalue weighted by Crippen LogP contribution is -2.01. The molecule has 0 amide bonds.